The Morgan fingerprint density at radius 1 is 1.35 bits per heavy atom. The molecule has 0 saturated heterocycles. The monoisotopic (exact) mass is 299 g/mol. The first-order chi connectivity index (χ1) is 8.13. The second-order valence-corrected chi connectivity index (χ2v) is 5.52. The van der Waals surface area contributed by atoms with Gasteiger partial charge in [0.1, 0.15) is 5.75 Å². The summed E-state index contributed by atoms with van der Waals surface area (Å²) in [4.78, 5) is 0. The summed E-state index contributed by atoms with van der Waals surface area (Å²) >= 11 is 3.51. The van der Waals surface area contributed by atoms with Crippen molar-refractivity contribution in [2.24, 2.45) is 5.92 Å². The van der Waals surface area contributed by atoms with Crippen LogP contribution < -0.4 is 10.1 Å². The van der Waals surface area contributed by atoms with E-state index in [4.69, 9.17) is 4.74 Å². The number of aryl methyl sites for hydroxylation is 1. The molecule has 1 rings (SSSR count). The molecule has 1 aromatic carbocycles. The van der Waals surface area contributed by atoms with E-state index in [0.717, 1.165) is 35.7 Å². The lowest BCUT2D eigenvalue weighted by Crippen LogP contribution is -2.21. The van der Waals surface area contributed by atoms with Crippen molar-refractivity contribution in [2.75, 3.05) is 20.2 Å². The van der Waals surface area contributed by atoms with Crippen LogP contribution in [0.5, 0.6) is 5.75 Å². The van der Waals surface area contributed by atoms with E-state index < -0.39 is 0 Å². The van der Waals surface area contributed by atoms with Gasteiger partial charge in [0, 0.05) is 0 Å². The summed E-state index contributed by atoms with van der Waals surface area (Å²) in [5, 5.41) is 3.46. The van der Waals surface area contributed by atoms with Gasteiger partial charge in [-0.2, -0.15) is 0 Å². The van der Waals surface area contributed by atoms with Crippen LogP contribution in [0, 0.1) is 5.92 Å². The molecule has 0 aliphatic heterocycles. The van der Waals surface area contributed by atoms with Crippen LogP contribution in [-0.2, 0) is 6.42 Å². The van der Waals surface area contributed by atoms with Gasteiger partial charge in [-0.05, 0) is 65.5 Å². The fraction of sp³-hybridized carbons (Fsp3) is 0.571. The molecule has 0 aromatic heterocycles. The number of rotatable bonds is 7. The average Bonchev–Trinajstić information content (AvgIpc) is 2.28. The van der Waals surface area contributed by atoms with Crippen LogP contribution in [0.15, 0.2) is 22.7 Å². The Hall–Kier alpha value is -0.540. The smallest absolute Gasteiger partial charge is 0.133 e. The quantitative estimate of drug-likeness (QED) is 0.776. The first kappa shape index (κ1) is 14.5. The second-order valence-electron chi connectivity index (χ2n) is 4.67. The van der Waals surface area contributed by atoms with E-state index >= 15 is 0 Å². The van der Waals surface area contributed by atoms with Gasteiger partial charge in [0.2, 0.25) is 0 Å². The minimum atomic E-state index is 0.727. The van der Waals surface area contributed by atoms with Gasteiger partial charge in [-0.15, -0.1) is 0 Å². The van der Waals surface area contributed by atoms with Gasteiger partial charge < -0.3 is 10.1 Å². The normalized spacial score (nSPS) is 10.9. The maximum atomic E-state index is 5.21. The number of methoxy groups -OCH3 is 1. The van der Waals surface area contributed by atoms with Crippen LogP contribution in [0.25, 0.3) is 0 Å². The molecule has 0 bridgehead atoms. The van der Waals surface area contributed by atoms with E-state index in [0.29, 0.717) is 0 Å². The topological polar surface area (TPSA) is 21.3 Å². The largest absolute Gasteiger partial charge is 0.496 e. The molecular weight excluding hydrogens is 278 g/mol. The summed E-state index contributed by atoms with van der Waals surface area (Å²) in [6, 6.07) is 6.29. The Balaban J connectivity index is 2.30. The Kier molecular flexibility index (Phi) is 6.60. The highest BCUT2D eigenvalue weighted by Crippen LogP contribution is 2.25. The molecule has 0 atom stereocenters. The molecule has 0 amide bonds. The van der Waals surface area contributed by atoms with Crippen LogP contribution in [-0.4, -0.2) is 20.2 Å². The highest BCUT2D eigenvalue weighted by molar-refractivity contribution is 9.10. The Labute approximate surface area is 113 Å². The third-order valence-corrected chi connectivity index (χ3v) is 3.21. The van der Waals surface area contributed by atoms with Gasteiger partial charge in [-0.3, -0.25) is 0 Å². The zero-order valence-corrected chi connectivity index (χ0v) is 12.5. The van der Waals surface area contributed by atoms with E-state index in [2.05, 4.69) is 47.2 Å². The Bertz CT molecular complexity index is 339. The molecule has 96 valence electrons. The van der Waals surface area contributed by atoms with Crippen LogP contribution in [0.3, 0.4) is 0 Å². The van der Waals surface area contributed by atoms with Gasteiger partial charge in [-0.25, -0.2) is 0 Å². The number of halogens is 1. The fourth-order valence-electron chi connectivity index (χ4n) is 1.67. The molecular formula is C14H22BrNO. The molecule has 0 unspecified atom stereocenters. The molecule has 0 aliphatic rings. The van der Waals surface area contributed by atoms with E-state index in [-0.39, 0.29) is 0 Å². The summed E-state index contributed by atoms with van der Waals surface area (Å²) in [6.45, 7) is 6.65. The van der Waals surface area contributed by atoms with E-state index in [1.807, 2.05) is 6.07 Å². The van der Waals surface area contributed by atoms with Crippen molar-refractivity contribution in [1.82, 2.24) is 5.32 Å². The van der Waals surface area contributed by atoms with Crippen molar-refractivity contribution in [2.45, 2.75) is 26.7 Å². The molecule has 2 nitrogen and oxygen atoms in total. The van der Waals surface area contributed by atoms with E-state index in [9.17, 15) is 0 Å². The van der Waals surface area contributed by atoms with E-state index in [1.165, 1.54) is 12.0 Å². The highest BCUT2D eigenvalue weighted by Gasteiger charge is 2.01. The molecule has 0 radical (unpaired) electrons. The lowest BCUT2D eigenvalue weighted by molar-refractivity contribution is 0.412. The maximum absolute atomic E-state index is 5.21. The maximum Gasteiger partial charge on any atom is 0.133 e. The standard InChI is InChI=1S/C14H22BrNO/c1-11(2)10-16-8-4-5-12-6-7-14(17-3)13(15)9-12/h6-7,9,11,16H,4-5,8,10H2,1-3H3. The third-order valence-electron chi connectivity index (χ3n) is 2.59. The van der Waals surface area contributed by atoms with Gasteiger partial charge >= 0.3 is 0 Å². The first-order valence-electron chi connectivity index (χ1n) is 6.16. The number of nitrogens with one attached hydrogen (secondary N) is 1. The molecule has 0 aliphatic carbocycles. The van der Waals surface area contributed by atoms with Crippen LogP contribution in [0.1, 0.15) is 25.8 Å². The van der Waals surface area contributed by atoms with Crippen molar-refractivity contribution >= 4 is 15.9 Å². The Morgan fingerprint density at radius 2 is 2.12 bits per heavy atom. The molecule has 3 heteroatoms. The van der Waals surface area contributed by atoms with E-state index in [1.54, 1.807) is 7.11 Å². The lowest BCUT2D eigenvalue weighted by atomic mass is 10.1. The summed E-state index contributed by atoms with van der Waals surface area (Å²) < 4.78 is 6.24. The fourth-order valence-corrected chi connectivity index (χ4v) is 2.26. The molecule has 17 heavy (non-hydrogen) atoms. The van der Waals surface area contributed by atoms with Gasteiger partial charge in [0.15, 0.2) is 0 Å². The minimum Gasteiger partial charge on any atom is -0.496 e. The molecule has 0 heterocycles. The SMILES string of the molecule is COc1ccc(CCCNCC(C)C)cc1Br. The van der Waals surface area contributed by atoms with Crippen LogP contribution in [0.4, 0.5) is 0 Å². The average molecular weight is 300 g/mol. The van der Waals surface area contributed by atoms with Crippen LogP contribution >= 0.6 is 15.9 Å². The molecule has 0 saturated carbocycles. The second kappa shape index (κ2) is 7.72. The van der Waals surface area contributed by atoms with Crippen molar-refractivity contribution < 1.29 is 4.74 Å². The Morgan fingerprint density at radius 3 is 2.71 bits per heavy atom. The summed E-state index contributed by atoms with van der Waals surface area (Å²) in [5.74, 6) is 1.62. The van der Waals surface area contributed by atoms with Crippen LogP contribution in [0.2, 0.25) is 0 Å². The summed E-state index contributed by atoms with van der Waals surface area (Å²) in [5.41, 5.74) is 1.35. The van der Waals surface area contributed by atoms with Gasteiger partial charge in [0.05, 0.1) is 11.6 Å². The lowest BCUT2D eigenvalue weighted by Gasteiger charge is -2.08. The first-order valence-corrected chi connectivity index (χ1v) is 6.96. The van der Waals surface area contributed by atoms with Gasteiger partial charge in [0.25, 0.3) is 0 Å². The number of hydrogen-bond acceptors (Lipinski definition) is 2. The number of hydrogen-bond donors (Lipinski definition) is 1. The van der Waals surface area contributed by atoms with Crippen molar-refractivity contribution in [3.05, 3.63) is 28.2 Å². The predicted octanol–water partition coefficient (Wildman–Crippen LogP) is 3.64. The number of ether oxygens (including phenoxy) is 1. The van der Waals surface area contributed by atoms with Crippen molar-refractivity contribution in [1.29, 1.82) is 0 Å². The number of benzene rings is 1. The molecule has 0 spiro atoms. The zero-order valence-electron chi connectivity index (χ0n) is 10.9. The molecule has 0 fully saturated rings. The predicted molar refractivity (Wildman–Crippen MR) is 76.7 cm³/mol. The van der Waals surface area contributed by atoms with Crippen molar-refractivity contribution in [3.63, 3.8) is 0 Å². The van der Waals surface area contributed by atoms with Gasteiger partial charge in [-0.1, -0.05) is 19.9 Å². The summed E-state index contributed by atoms with van der Waals surface area (Å²) in [6.07, 6.45) is 2.28. The third kappa shape index (κ3) is 5.55. The van der Waals surface area contributed by atoms with Crippen molar-refractivity contribution in [3.8, 4) is 5.75 Å². The molecule has 1 aromatic rings. The highest BCUT2D eigenvalue weighted by atomic mass is 79.9. The molecule has 1 N–H and O–H groups in total. The zero-order chi connectivity index (χ0) is 12.7. The summed E-state index contributed by atoms with van der Waals surface area (Å²) in [7, 11) is 1.69. The minimum absolute atomic E-state index is 0.727.